The van der Waals surface area contributed by atoms with Crippen LogP contribution in [0.5, 0.6) is 0 Å². The largest absolute Gasteiger partial charge is 0.388 e. The van der Waals surface area contributed by atoms with Gasteiger partial charge in [-0.3, -0.25) is 9.56 Å². The standard InChI is InChI=1S/C33H39ClFN7OS/c1-19(36)38-12-11-24-17-44-18-30(39-24)22-7-9-25(10-8-22)42-16-23-15-29(40-32(23)41-33(42)43)26-13-20(14-27(34)31(26)35)3-2-4-28(37)21-5-6-21/h7-10,13-16,21,24,28,30,39H,2-6,11-12,17-18,37H2,1H3,(H2,36,38)(H,40,41,43)/t24-,28?,30+/m1/s1. The number of aliphatic imine (C=N–C) groups is 1. The van der Waals surface area contributed by atoms with Gasteiger partial charge in [0.25, 0.3) is 0 Å². The molecule has 4 aromatic rings. The summed E-state index contributed by atoms with van der Waals surface area (Å²) in [6, 6.07) is 14.1. The van der Waals surface area contributed by atoms with Gasteiger partial charge < -0.3 is 21.8 Å². The number of aromatic amines is 1. The maximum Gasteiger partial charge on any atom is 0.354 e. The monoisotopic (exact) mass is 635 g/mol. The molecule has 44 heavy (non-hydrogen) atoms. The van der Waals surface area contributed by atoms with E-state index in [1.54, 1.807) is 12.3 Å². The zero-order valence-corrected chi connectivity index (χ0v) is 26.4. The van der Waals surface area contributed by atoms with Crippen molar-refractivity contribution in [3.05, 3.63) is 81.1 Å². The molecule has 2 aromatic carbocycles. The molecule has 1 saturated heterocycles. The Morgan fingerprint density at radius 2 is 2.02 bits per heavy atom. The molecule has 0 radical (unpaired) electrons. The van der Waals surface area contributed by atoms with Crippen molar-refractivity contribution in [2.45, 2.75) is 63.6 Å². The van der Waals surface area contributed by atoms with Gasteiger partial charge >= 0.3 is 5.69 Å². The predicted octanol–water partition coefficient (Wildman–Crippen LogP) is 5.75. The van der Waals surface area contributed by atoms with Crippen molar-refractivity contribution in [3.8, 4) is 16.9 Å². The van der Waals surface area contributed by atoms with Crippen LogP contribution in [0.1, 0.15) is 56.2 Å². The first-order valence-corrected chi connectivity index (χ1v) is 16.9. The highest BCUT2D eigenvalue weighted by molar-refractivity contribution is 7.99. The average molecular weight is 636 g/mol. The summed E-state index contributed by atoms with van der Waals surface area (Å²) in [5.41, 5.74) is 15.6. The van der Waals surface area contributed by atoms with Crippen LogP contribution in [0.15, 0.2) is 58.4 Å². The summed E-state index contributed by atoms with van der Waals surface area (Å²) in [6.45, 7) is 2.52. The SMILES string of the molecule is CC(N)=NCC[C@@H]1CSC[C@@H](c2ccc(-n3cc4cc(-c5cc(CCCC(N)C6CC6)cc(Cl)c5F)[nH]c4nc3=O)cc2)N1. The number of aromatic nitrogens is 3. The minimum atomic E-state index is -0.499. The fourth-order valence-corrected chi connectivity index (χ4v) is 7.39. The molecule has 6 N–H and O–H groups in total. The van der Waals surface area contributed by atoms with Crippen LogP contribution in [-0.4, -0.2) is 50.5 Å². The fourth-order valence-electron chi connectivity index (χ4n) is 5.94. The molecule has 1 unspecified atom stereocenters. The van der Waals surface area contributed by atoms with Crippen LogP contribution >= 0.6 is 23.4 Å². The van der Waals surface area contributed by atoms with E-state index in [0.29, 0.717) is 52.3 Å². The number of fused-ring (bicyclic) bond motifs is 1. The third kappa shape index (κ3) is 7.20. The normalized spacial score (nSPS) is 19.9. The van der Waals surface area contributed by atoms with E-state index in [1.165, 1.54) is 17.4 Å². The molecule has 11 heteroatoms. The lowest BCUT2D eigenvalue weighted by atomic mass is 10.00. The molecule has 2 aliphatic rings. The van der Waals surface area contributed by atoms with Gasteiger partial charge in [0.15, 0.2) is 5.82 Å². The van der Waals surface area contributed by atoms with E-state index >= 15 is 4.39 Å². The molecule has 6 rings (SSSR count). The number of rotatable bonds is 11. The quantitative estimate of drug-likeness (QED) is 0.123. The van der Waals surface area contributed by atoms with Crippen molar-refractivity contribution < 1.29 is 4.39 Å². The highest BCUT2D eigenvalue weighted by atomic mass is 35.5. The van der Waals surface area contributed by atoms with E-state index in [-0.39, 0.29) is 17.1 Å². The van der Waals surface area contributed by atoms with Crippen molar-refractivity contribution in [3.63, 3.8) is 0 Å². The van der Waals surface area contributed by atoms with Crippen LogP contribution in [-0.2, 0) is 6.42 Å². The van der Waals surface area contributed by atoms with Gasteiger partial charge in [0.05, 0.1) is 22.2 Å². The molecule has 1 saturated carbocycles. The predicted molar refractivity (Wildman–Crippen MR) is 180 cm³/mol. The maximum atomic E-state index is 15.2. The Hall–Kier alpha value is -3.18. The van der Waals surface area contributed by atoms with Crippen molar-refractivity contribution >= 4 is 40.2 Å². The number of aryl methyl sites for hydroxylation is 1. The number of benzene rings is 2. The van der Waals surface area contributed by atoms with Crippen LogP contribution in [0.4, 0.5) is 4.39 Å². The summed E-state index contributed by atoms with van der Waals surface area (Å²) in [7, 11) is 0. The van der Waals surface area contributed by atoms with Gasteiger partial charge in [-0.2, -0.15) is 16.7 Å². The summed E-state index contributed by atoms with van der Waals surface area (Å²) in [6.07, 6.45) is 7.76. The smallest absolute Gasteiger partial charge is 0.354 e. The third-order valence-electron chi connectivity index (χ3n) is 8.57. The van der Waals surface area contributed by atoms with Gasteiger partial charge in [0, 0.05) is 53.3 Å². The Labute approximate surface area is 265 Å². The third-order valence-corrected chi connectivity index (χ3v) is 10.1. The fraction of sp³-hybridized carbons (Fsp3) is 0.424. The van der Waals surface area contributed by atoms with Gasteiger partial charge in [-0.15, -0.1) is 0 Å². The first kappa shape index (κ1) is 30.8. The first-order valence-electron chi connectivity index (χ1n) is 15.3. The number of nitrogens with zero attached hydrogens (tertiary/aromatic N) is 3. The summed E-state index contributed by atoms with van der Waals surface area (Å²) >= 11 is 8.24. The van der Waals surface area contributed by atoms with Crippen LogP contribution in [0.3, 0.4) is 0 Å². The first-order chi connectivity index (χ1) is 21.2. The van der Waals surface area contributed by atoms with Gasteiger partial charge in [0.2, 0.25) is 0 Å². The number of hydrogen-bond acceptors (Lipinski definition) is 6. The van der Waals surface area contributed by atoms with Crippen molar-refractivity contribution in [2.75, 3.05) is 18.1 Å². The Balaban J connectivity index is 1.18. The van der Waals surface area contributed by atoms with Gasteiger partial charge in [0.1, 0.15) is 5.65 Å². The summed E-state index contributed by atoms with van der Waals surface area (Å²) in [5.74, 6) is 2.79. The van der Waals surface area contributed by atoms with Crippen molar-refractivity contribution in [1.29, 1.82) is 0 Å². The van der Waals surface area contributed by atoms with Crippen LogP contribution in [0.25, 0.3) is 28.0 Å². The van der Waals surface area contributed by atoms with Crippen LogP contribution < -0.4 is 22.5 Å². The average Bonchev–Trinajstić information content (AvgIpc) is 3.78. The van der Waals surface area contributed by atoms with E-state index in [0.717, 1.165) is 48.3 Å². The molecule has 0 amide bonds. The Kier molecular flexibility index (Phi) is 9.42. The van der Waals surface area contributed by atoms with Gasteiger partial charge in [-0.1, -0.05) is 23.7 Å². The second-order valence-corrected chi connectivity index (χ2v) is 13.6. The molecule has 1 aliphatic carbocycles. The number of thioether (sulfide) groups is 1. The van der Waals surface area contributed by atoms with Crippen LogP contribution in [0.2, 0.25) is 5.02 Å². The minimum Gasteiger partial charge on any atom is -0.388 e. The number of hydrogen-bond donors (Lipinski definition) is 4. The van der Waals surface area contributed by atoms with E-state index < -0.39 is 11.5 Å². The van der Waals surface area contributed by atoms with E-state index in [1.807, 2.05) is 43.0 Å². The van der Waals surface area contributed by atoms with Gasteiger partial charge in [-0.25, -0.2) is 9.18 Å². The number of nitrogens with two attached hydrogens (primary N) is 2. The lowest BCUT2D eigenvalue weighted by Gasteiger charge is -2.31. The Morgan fingerprint density at radius 1 is 1.23 bits per heavy atom. The summed E-state index contributed by atoms with van der Waals surface area (Å²) < 4.78 is 16.7. The number of nitrogens with one attached hydrogen (secondary N) is 2. The van der Waals surface area contributed by atoms with Crippen LogP contribution in [0, 0.1) is 11.7 Å². The molecule has 2 aromatic heterocycles. The molecular weight excluding hydrogens is 597 g/mol. The topological polar surface area (TPSA) is 127 Å². The Morgan fingerprint density at radius 3 is 2.77 bits per heavy atom. The molecule has 3 atom stereocenters. The van der Waals surface area contributed by atoms with E-state index in [9.17, 15) is 4.79 Å². The molecule has 1 aliphatic heterocycles. The summed E-state index contributed by atoms with van der Waals surface area (Å²) in [4.78, 5) is 24.8. The Bertz CT molecular complexity index is 1710. The van der Waals surface area contributed by atoms with Crippen molar-refractivity contribution in [1.82, 2.24) is 19.9 Å². The highest BCUT2D eigenvalue weighted by Crippen LogP contribution is 2.34. The molecule has 8 nitrogen and oxygen atoms in total. The minimum absolute atomic E-state index is 0.0756. The molecule has 3 heterocycles. The van der Waals surface area contributed by atoms with Gasteiger partial charge in [-0.05, 0) is 92.8 Å². The zero-order valence-electron chi connectivity index (χ0n) is 24.9. The summed E-state index contributed by atoms with van der Waals surface area (Å²) in [5, 5.41) is 4.50. The molecule has 232 valence electrons. The lowest BCUT2D eigenvalue weighted by molar-refractivity contribution is 0.458. The number of H-pyrrole nitrogens is 1. The molecule has 0 spiro atoms. The lowest BCUT2D eigenvalue weighted by Crippen LogP contribution is -2.40. The van der Waals surface area contributed by atoms with Crippen molar-refractivity contribution in [2.24, 2.45) is 22.4 Å². The van der Waals surface area contributed by atoms with E-state index in [2.05, 4.69) is 32.4 Å². The number of halogens is 2. The maximum absolute atomic E-state index is 15.2. The molecule has 0 bridgehead atoms. The second-order valence-electron chi connectivity index (χ2n) is 12.1. The van der Waals surface area contributed by atoms with E-state index in [4.69, 9.17) is 23.1 Å². The zero-order chi connectivity index (χ0) is 30.8. The number of amidine groups is 1. The second kappa shape index (κ2) is 13.4. The molecular formula is C33H39ClFN7OS. The highest BCUT2D eigenvalue weighted by Gasteiger charge is 2.28. The molecule has 2 fully saturated rings.